The number of nitrogens with zero attached hydrogens (tertiary/aromatic N) is 3. The molecule has 0 aliphatic carbocycles. The smallest absolute Gasteiger partial charge is 0.234 e. The number of hydrogen-bond donors (Lipinski definition) is 1. The van der Waals surface area contributed by atoms with Crippen LogP contribution in [0.1, 0.15) is 4.88 Å². The summed E-state index contributed by atoms with van der Waals surface area (Å²) in [7, 11) is 0. The maximum atomic E-state index is 12.0. The first-order valence-electron chi connectivity index (χ1n) is 7.50. The van der Waals surface area contributed by atoms with Crippen LogP contribution in [-0.2, 0) is 11.2 Å². The summed E-state index contributed by atoms with van der Waals surface area (Å²) in [5.74, 6) is 0.656. The molecular weight excluding hydrogens is 320 g/mol. The standard InChI is InChI=1S/C18H14N4OS/c23-17(11-15-3-1-10-24-15)20-14-6-4-13(5-7-14)16-12-22-9-2-8-19-18(22)21-16/h1-10,12H,11H2,(H,20,23). The number of anilines is 1. The molecule has 1 N–H and O–H groups in total. The second kappa shape index (κ2) is 6.25. The number of hydrogen-bond acceptors (Lipinski definition) is 4. The van der Waals surface area contributed by atoms with Gasteiger partial charge in [-0.2, -0.15) is 0 Å². The summed E-state index contributed by atoms with van der Waals surface area (Å²) in [5.41, 5.74) is 2.61. The molecule has 0 bridgehead atoms. The first-order chi connectivity index (χ1) is 11.8. The van der Waals surface area contributed by atoms with Crippen LogP contribution in [0.15, 0.2) is 66.4 Å². The average molecular weight is 334 g/mol. The Kier molecular flexibility index (Phi) is 3.80. The van der Waals surface area contributed by atoms with Gasteiger partial charge in [-0.15, -0.1) is 11.3 Å². The molecule has 0 saturated carbocycles. The molecule has 118 valence electrons. The van der Waals surface area contributed by atoms with E-state index in [0.29, 0.717) is 12.2 Å². The van der Waals surface area contributed by atoms with Crippen molar-refractivity contribution in [2.24, 2.45) is 0 Å². The molecule has 0 spiro atoms. The van der Waals surface area contributed by atoms with Crippen molar-refractivity contribution in [1.29, 1.82) is 0 Å². The fourth-order valence-electron chi connectivity index (χ4n) is 2.47. The Morgan fingerprint density at radius 2 is 2.04 bits per heavy atom. The normalized spacial score (nSPS) is 10.8. The van der Waals surface area contributed by atoms with Gasteiger partial charge in [-0.1, -0.05) is 18.2 Å². The first kappa shape index (κ1) is 14.6. The fourth-order valence-corrected chi connectivity index (χ4v) is 3.17. The van der Waals surface area contributed by atoms with Crippen molar-refractivity contribution in [3.05, 3.63) is 71.3 Å². The molecule has 0 radical (unpaired) electrons. The zero-order valence-electron chi connectivity index (χ0n) is 12.7. The highest BCUT2D eigenvalue weighted by molar-refractivity contribution is 7.10. The molecule has 0 unspecified atom stereocenters. The van der Waals surface area contributed by atoms with Gasteiger partial charge in [0.05, 0.1) is 12.1 Å². The van der Waals surface area contributed by atoms with Crippen LogP contribution in [0.5, 0.6) is 0 Å². The molecular formula is C18H14N4OS. The molecule has 0 fully saturated rings. The zero-order chi connectivity index (χ0) is 16.4. The van der Waals surface area contributed by atoms with Crippen LogP contribution in [-0.4, -0.2) is 20.3 Å². The number of thiophene rings is 1. The third-order valence-corrected chi connectivity index (χ3v) is 4.49. The summed E-state index contributed by atoms with van der Waals surface area (Å²) in [6, 6.07) is 13.4. The van der Waals surface area contributed by atoms with Gasteiger partial charge < -0.3 is 5.32 Å². The average Bonchev–Trinajstić information content (AvgIpc) is 3.24. The van der Waals surface area contributed by atoms with Gasteiger partial charge in [-0.05, 0) is 29.6 Å². The van der Waals surface area contributed by atoms with Crippen LogP contribution < -0.4 is 5.32 Å². The number of rotatable bonds is 4. The Morgan fingerprint density at radius 3 is 2.79 bits per heavy atom. The number of aromatic nitrogens is 3. The van der Waals surface area contributed by atoms with E-state index in [1.165, 1.54) is 0 Å². The van der Waals surface area contributed by atoms with E-state index in [1.54, 1.807) is 17.5 Å². The van der Waals surface area contributed by atoms with Gasteiger partial charge >= 0.3 is 0 Å². The third kappa shape index (κ3) is 3.04. The summed E-state index contributed by atoms with van der Waals surface area (Å²) in [5, 5.41) is 4.89. The number of nitrogens with one attached hydrogen (secondary N) is 1. The Morgan fingerprint density at radius 1 is 1.17 bits per heavy atom. The number of carbonyl (C=O) groups is 1. The monoisotopic (exact) mass is 334 g/mol. The van der Waals surface area contributed by atoms with E-state index in [1.807, 2.05) is 64.6 Å². The summed E-state index contributed by atoms with van der Waals surface area (Å²) in [6.07, 6.45) is 5.97. The third-order valence-electron chi connectivity index (χ3n) is 3.61. The Labute approximate surface area is 142 Å². The van der Waals surface area contributed by atoms with E-state index in [9.17, 15) is 4.79 Å². The molecule has 0 atom stereocenters. The molecule has 4 aromatic rings. The van der Waals surface area contributed by atoms with Crippen molar-refractivity contribution < 1.29 is 4.79 Å². The summed E-state index contributed by atoms with van der Waals surface area (Å²) in [4.78, 5) is 21.8. The Bertz CT molecular complexity index is 941. The predicted octanol–water partition coefficient (Wildman–Crippen LogP) is 3.64. The maximum absolute atomic E-state index is 12.0. The lowest BCUT2D eigenvalue weighted by Crippen LogP contribution is -2.13. The lowest BCUT2D eigenvalue weighted by atomic mass is 10.1. The van der Waals surface area contributed by atoms with Crippen molar-refractivity contribution in [3.8, 4) is 11.3 Å². The summed E-state index contributed by atoms with van der Waals surface area (Å²) in [6.45, 7) is 0. The van der Waals surface area contributed by atoms with Gasteiger partial charge in [0.15, 0.2) is 0 Å². The number of carbonyl (C=O) groups excluding carboxylic acids is 1. The topological polar surface area (TPSA) is 59.3 Å². The molecule has 5 nitrogen and oxygen atoms in total. The van der Waals surface area contributed by atoms with Crippen LogP contribution in [0, 0.1) is 0 Å². The van der Waals surface area contributed by atoms with E-state index >= 15 is 0 Å². The largest absolute Gasteiger partial charge is 0.326 e. The quantitative estimate of drug-likeness (QED) is 0.620. The second-order valence-electron chi connectivity index (χ2n) is 5.33. The molecule has 0 saturated heterocycles. The van der Waals surface area contributed by atoms with Gasteiger partial charge in [0.1, 0.15) is 0 Å². The number of imidazole rings is 1. The minimum atomic E-state index is -0.0119. The van der Waals surface area contributed by atoms with Gasteiger partial charge in [-0.25, -0.2) is 9.97 Å². The highest BCUT2D eigenvalue weighted by atomic mass is 32.1. The number of fused-ring (bicyclic) bond motifs is 1. The van der Waals surface area contributed by atoms with Crippen LogP contribution in [0.25, 0.3) is 17.0 Å². The lowest BCUT2D eigenvalue weighted by molar-refractivity contribution is -0.115. The van der Waals surface area contributed by atoms with E-state index < -0.39 is 0 Å². The summed E-state index contributed by atoms with van der Waals surface area (Å²) < 4.78 is 1.88. The van der Waals surface area contributed by atoms with Crippen LogP contribution >= 0.6 is 11.3 Å². The van der Waals surface area contributed by atoms with Gasteiger partial charge in [-0.3, -0.25) is 9.20 Å². The number of benzene rings is 1. The Hall–Kier alpha value is -2.99. The molecule has 24 heavy (non-hydrogen) atoms. The van der Waals surface area contributed by atoms with E-state index in [2.05, 4.69) is 15.3 Å². The van der Waals surface area contributed by atoms with Crippen molar-refractivity contribution >= 4 is 28.7 Å². The van der Waals surface area contributed by atoms with Crippen molar-refractivity contribution in [2.45, 2.75) is 6.42 Å². The molecule has 3 heterocycles. The van der Waals surface area contributed by atoms with Gasteiger partial charge in [0.2, 0.25) is 11.7 Å². The van der Waals surface area contributed by atoms with Crippen molar-refractivity contribution in [1.82, 2.24) is 14.4 Å². The molecule has 1 aromatic carbocycles. The highest BCUT2D eigenvalue weighted by Crippen LogP contribution is 2.21. The van der Waals surface area contributed by atoms with Gasteiger partial charge in [0, 0.05) is 34.7 Å². The Balaban J connectivity index is 1.49. The molecule has 6 heteroatoms. The molecule has 1 amide bonds. The van der Waals surface area contributed by atoms with Crippen LogP contribution in [0.3, 0.4) is 0 Å². The molecule has 0 aliphatic rings. The fraction of sp³-hybridized carbons (Fsp3) is 0.0556. The van der Waals surface area contributed by atoms with Crippen molar-refractivity contribution in [2.75, 3.05) is 5.32 Å². The zero-order valence-corrected chi connectivity index (χ0v) is 13.5. The molecule has 4 rings (SSSR count). The van der Waals surface area contributed by atoms with E-state index in [0.717, 1.165) is 21.8 Å². The van der Waals surface area contributed by atoms with E-state index in [-0.39, 0.29) is 5.91 Å². The van der Waals surface area contributed by atoms with Crippen molar-refractivity contribution in [3.63, 3.8) is 0 Å². The molecule has 3 aromatic heterocycles. The number of amides is 1. The predicted molar refractivity (Wildman–Crippen MR) is 95.1 cm³/mol. The summed E-state index contributed by atoms with van der Waals surface area (Å²) >= 11 is 1.59. The lowest BCUT2D eigenvalue weighted by Gasteiger charge is -2.05. The van der Waals surface area contributed by atoms with E-state index in [4.69, 9.17) is 0 Å². The second-order valence-corrected chi connectivity index (χ2v) is 6.37. The van der Waals surface area contributed by atoms with Gasteiger partial charge in [0.25, 0.3) is 0 Å². The SMILES string of the molecule is O=C(Cc1cccs1)Nc1ccc(-c2cn3cccnc3n2)cc1. The first-order valence-corrected chi connectivity index (χ1v) is 8.38. The maximum Gasteiger partial charge on any atom is 0.234 e. The minimum absolute atomic E-state index is 0.0119. The highest BCUT2D eigenvalue weighted by Gasteiger charge is 2.07. The van der Waals surface area contributed by atoms with Crippen LogP contribution in [0.4, 0.5) is 5.69 Å². The molecule has 0 aliphatic heterocycles. The van der Waals surface area contributed by atoms with Crippen LogP contribution in [0.2, 0.25) is 0 Å². The minimum Gasteiger partial charge on any atom is -0.326 e.